The van der Waals surface area contributed by atoms with Crippen LogP contribution < -0.4 is 5.56 Å². The lowest BCUT2D eigenvalue weighted by molar-refractivity contribution is 0.102. The van der Waals surface area contributed by atoms with Crippen molar-refractivity contribution < 1.29 is 0 Å². The summed E-state index contributed by atoms with van der Waals surface area (Å²) in [6.07, 6.45) is 0. The topological polar surface area (TPSA) is 25.2 Å². The molecule has 0 aromatic carbocycles. The van der Waals surface area contributed by atoms with Gasteiger partial charge in [-0.1, -0.05) is 13.0 Å². The van der Waals surface area contributed by atoms with E-state index in [4.69, 9.17) is 0 Å². The number of likely N-dealkylation sites (tertiary alicyclic amines) is 1. The van der Waals surface area contributed by atoms with E-state index in [0.717, 1.165) is 31.2 Å². The predicted octanol–water partition coefficient (Wildman–Crippen LogP) is 0.837. The Morgan fingerprint density at radius 2 is 2.14 bits per heavy atom. The van der Waals surface area contributed by atoms with Gasteiger partial charge in [0, 0.05) is 38.4 Å². The van der Waals surface area contributed by atoms with Crippen molar-refractivity contribution in [2.24, 2.45) is 13.0 Å². The highest BCUT2D eigenvalue weighted by Gasteiger charge is 2.22. The van der Waals surface area contributed by atoms with Gasteiger partial charge in [0.05, 0.1) is 0 Å². The van der Waals surface area contributed by atoms with Gasteiger partial charge in [0.25, 0.3) is 0 Å². The molecule has 3 heteroatoms. The van der Waals surface area contributed by atoms with E-state index < -0.39 is 0 Å². The molecule has 0 aliphatic carbocycles. The summed E-state index contributed by atoms with van der Waals surface area (Å²) in [5, 5.41) is 0. The maximum atomic E-state index is 11.3. The molecule has 1 aromatic heterocycles. The van der Waals surface area contributed by atoms with E-state index in [-0.39, 0.29) is 5.56 Å². The molecule has 0 amide bonds. The third-order valence-corrected chi connectivity index (χ3v) is 2.81. The molecule has 76 valence electrons. The van der Waals surface area contributed by atoms with Gasteiger partial charge in [-0.05, 0) is 12.0 Å². The zero-order valence-electron chi connectivity index (χ0n) is 8.73. The van der Waals surface area contributed by atoms with Crippen LogP contribution in [-0.4, -0.2) is 22.6 Å². The fraction of sp³-hybridized carbons (Fsp3) is 0.545. The zero-order valence-corrected chi connectivity index (χ0v) is 8.73. The minimum Gasteiger partial charge on any atom is -0.314 e. The molecule has 0 atom stereocenters. The fourth-order valence-corrected chi connectivity index (χ4v) is 1.95. The second kappa shape index (κ2) is 3.58. The summed E-state index contributed by atoms with van der Waals surface area (Å²) in [7, 11) is 1.83. The molecule has 3 nitrogen and oxygen atoms in total. The van der Waals surface area contributed by atoms with Gasteiger partial charge in [-0.3, -0.25) is 9.69 Å². The van der Waals surface area contributed by atoms with Crippen molar-refractivity contribution in [3.63, 3.8) is 0 Å². The van der Waals surface area contributed by atoms with Gasteiger partial charge in [0.2, 0.25) is 5.56 Å². The third kappa shape index (κ3) is 1.73. The Morgan fingerprint density at radius 3 is 2.79 bits per heavy atom. The number of nitrogens with zero attached hydrogens (tertiary/aromatic N) is 2. The highest BCUT2D eigenvalue weighted by molar-refractivity contribution is 5.06. The van der Waals surface area contributed by atoms with Crippen molar-refractivity contribution in [1.29, 1.82) is 0 Å². The lowest BCUT2D eigenvalue weighted by atomic mass is 10.0. The van der Waals surface area contributed by atoms with E-state index in [9.17, 15) is 4.79 Å². The minimum absolute atomic E-state index is 0.0797. The van der Waals surface area contributed by atoms with E-state index in [1.165, 1.54) is 0 Å². The molecule has 1 aromatic rings. The summed E-state index contributed by atoms with van der Waals surface area (Å²) in [6, 6.07) is 5.45. The third-order valence-electron chi connectivity index (χ3n) is 2.81. The van der Waals surface area contributed by atoms with Gasteiger partial charge in [-0.15, -0.1) is 0 Å². The maximum Gasteiger partial charge on any atom is 0.250 e. The molecule has 1 saturated heterocycles. The smallest absolute Gasteiger partial charge is 0.250 e. The number of rotatable bonds is 2. The number of pyridine rings is 1. The van der Waals surface area contributed by atoms with E-state index in [0.29, 0.717) is 0 Å². The highest BCUT2D eigenvalue weighted by Crippen LogP contribution is 2.16. The molecule has 1 fully saturated rings. The molecule has 2 rings (SSSR count). The largest absolute Gasteiger partial charge is 0.314 e. The predicted molar refractivity (Wildman–Crippen MR) is 56.1 cm³/mol. The first-order valence-corrected chi connectivity index (χ1v) is 5.04. The minimum atomic E-state index is 0.0797. The van der Waals surface area contributed by atoms with Crippen LogP contribution >= 0.6 is 0 Å². The van der Waals surface area contributed by atoms with Crippen LogP contribution in [0.1, 0.15) is 12.6 Å². The van der Waals surface area contributed by atoms with Gasteiger partial charge < -0.3 is 4.57 Å². The Morgan fingerprint density at radius 1 is 1.43 bits per heavy atom. The summed E-state index contributed by atoms with van der Waals surface area (Å²) >= 11 is 0. The molecule has 2 heterocycles. The second-order valence-electron chi connectivity index (χ2n) is 4.21. The number of hydrogen-bond acceptors (Lipinski definition) is 2. The molecule has 0 spiro atoms. The Kier molecular flexibility index (Phi) is 2.42. The fourth-order valence-electron chi connectivity index (χ4n) is 1.95. The van der Waals surface area contributed by atoms with E-state index in [1.807, 2.05) is 19.2 Å². The van der Waals surface area contributed by atoms with E-state index >= 15 is 0 Å². The van der Waals surface area contributed by atoms with Crippen LogP contribution in [0.25, 0.3) is 0 Å². The molecule has 0 unspecified atom stereocenters. The van der Waals surface area contributed by atoms with Gasteiger partial charge in [0.15, 0.2) is 0 Å². The normalized spacial score (nSPS) is 18.1. The van der Waals surface area contributed by atoms with Crippen LogP contribution in [-0.2, 0) is 13.6 Å². The van der Waals surface area contributed by atoms with E-state index in [1.54, 1.807) is 10.6 Å². The lowest BCUT2D eigenvalue weighted by Gasteiger charge is -2.37. The van der Waals surface area contributed by atoms with Crippen molar-refractivity contribution in [3.05, 3.63) is 34.2 Å². The molecule has 0 N–H and O–H groups in total. The number of hydrogen-bond donors (Lipinski definition) is 0. The summed E-state index contributed by atoms with van der Waals surface area (Å²) < 4.78 is 1.73. The Hall–Kier alpha value is -1.09. The molecular weight excluding hydrogens is 176 g/mol. The van der Waals surface area contributed by atoms with Crippen LogP contribution in [0.15, 0.2) is 23.0 Å². The molecule has 0 saturated carbocycles. The van der Waals surface area contributed by atoms with Crippen molar-refractivity contribution in [2.75, 3.05) is 13.1 Å². The van der Waals surface area contributed by atoms with Gasteiger partial charge in [0.1, 0.15) is 0 Å². The van der Waals surface area contributed by atoms with Crippen LogP contribution in [0.5, 0.6) is 0 Å². The summed E-state index contributed by atoms with van der Waals surface area (Å²) in [6.45, 7) is 5.46. The SMILES string of the molecule is CC1CN(Cc2cccc(=O)n2C)C1. The summed E-state index contributed by atoms with van der Waals surface area (Å²) in [4.78, 5) is 13.7. The van der Waals surface area contributed by atoms with Gasteiger partial charge in [-0.25, -0.2) is 0 Å². The average molecular weight is 192 g/mol. The van der Waals surface area contributed by atoms with Gasteiger partial charge >= 0.3 is 0 Å². The first-order chi connectivity index (χ1) is 6.66. The highest BCUT2D eigenvalue weighted by atomic mass is 16.1. The van der Waals surface area contributed by atoms with Crippen LogP contribution in [0.3, 0.4) is 0 Å². The summed E-state index contributed by atoms with van der Waals surface area (Å²) in [5.41, 5.74) is 1.18. The Labute approximate surface area is 84.0 Å². The van der Waals surface area contributed by atoms with Crippen LogP contribution in [0.2, 0.25) is 0 Å². The molecule has 1 aliphatic heterocycles. The molecule has 1 aliphatic rings. The first-order valence-electron chi connectivity index (χ1n) is 5.04. The van der Waals surface area contributed by atoms with Crippen LogP contribution in [0.4, 0.5) is 0 Å². The molecule has 0 bridgehead atoms. The second-order valence-corrected chi connectivity index (χ2v) is 4.21. The molecule has 14 heavy (non-hydrogen) atoms. The van der Waals surface area contributed by atoms with Crippen molar-refractivity contribution >= 4 is 0 Å². The van der Waals surface area contributed by atoms with Crippen molar-refractivity contribution in [3.8, 4) is 0 Å². The first kappa shape index (κ1) is 9.46. The summed E-state index contributed by atoms with van der Waals surface area (Å²) in [5.74, 6) is 0.816. The van der Waals surface area contributed by atoms with Crippen molar-refractivity contribution in [2.45, 2.75) is 13.5 Å². The number of aromatic nitrogens is 1. The Bertz CT molecular complexity index is 377. The van der Waals surface area contributed by atoms with Crippen LogP contribution in [0, 0.1) is 5.92 Å². The maximum absolute atomic E-state index is 11.3. The molecule has 0 radical (unpaired) electrons. The average Bonchev–Trinajstić information content (AvgIpc) is 2.10. The molecular formula is C11H16N2O. The lowest BCUT2D eigenvalue weighted by Crippen LogP contribution is -2.45. The Balaban J connectivity index is 2.10. The van der Waals surface area contributed by atoms with E-state index in [2.05, 4.69) is 11.8 Å². The van der Waals surface area contributed by atoms with Gasteiger partial charge in [-0.2, -0.15) is 0 Å². The zero-order chi connectivity index (χ0) is 10.1. The monoisotopic (exact) mass is 192 g/mol. The van der Waals surface area contributed by atoms with Crippen molar-refractivity contribution in [1.82, 2.24) is 9.47 Å². The quantitative estimate of drug-likeness (QED) is 0.693. The standard InChI is InChI=1S/C11H16N2O/c1-9-6-13(7-9)8-10-4-3-5-11(14)12(10)2/h3-5,9H,6-8H2,1-2H3.